The highest BCUT2D eigenvalue weighted by Gasteiger charge is 2.43. The van der Waals surface area contributed by atoms with Gasteiger partial charge in [0, 0.05) is 12.5 Å². The predicted octanol–water partition coefficient (Wildman–Crippen LogP) is 3.89. The Bertz CT molecular complexity index is 1210. The molecule has 1 fully saturated rings. The molecule has 172 valence electrons. The largest absolute Gasteiger partial charge is 0.481 e. The number of nitrogens with zero attached hydrogens (tertiary/aromatic N) is 1. The van der Waals surface area contributed by atoms with Crippen LogP contribution >= 0.6 is 0 Å². The molecule has 0 radical (unpaired) electrons. The first-order valence-electron chi connectivity index (χ1n) is 11.1. The minimum Gasteiger partial charge on any atom is -0.481 e. The second kappa shape index (κ2) is 8.97. The number of amides is 2. The summed E-state index contributed by atoms with van der Waals surface area (Å²) >= 11 is 0. The molecule has 8 nitrogen and oxygen atoms in total. The van der Waals surface area contributed by atoms with Gasteiger partial charge in [0.05, 0.1) is 17.8 Å². The maximum atomic E-state index is 12.4. The number of ether oxygens (including phenoxy) is 1. The zero-order chi connectivity index (χ0) is 23.7. The number of aromatic nitrogens is 1. The summed E-state index contributed by atoms with van der Waals surface area (Å²) in [5.41, 5.74) is 5.17. The lowest BCUT2D eigenvalue weighted by Crippen LogP contribution is -2.27. The van der Waals surface area contributed by atoms with Crippen LogP contribution in [0.4, 0.5) is 10.5 Å². The monoisotopic (exact) mass is 457 g/mol. The van der Waals surface area contributed by atoms with Crippen molar-refractivity contribution in [3.8, 4) is 11.1 Å². The van der Waals surface area contributed by atoms with E-state index in [2.05, 4.69) is 39.9 Å². The number of rotatable bonds is 7. The Labute approximate surface area is 196 Å². The quantitative estimate of drug-likeness (QED) is 0.495. The molecule has 0 bridgehead atoms. The molecule has 2 aromatic carbocycles. The number of carbonyl (C=O) groups is 3. The summed E-state index contributed by atoms with van der Waals surface area (Å²) in [5, 5.41) is 14.3. The van der Waals surface area contributed by atoms with Gasteiger partial charge in [0.2, 0.25) is 0 Å². The fourth-order valence-corrected chi connectivity index (χ4v) is 4.44. The average Bonchev–Trinajstić information content (AvgIpc) is 3.57. The van der Waals surface area contributed by atoms with Gasteiger partial charge in [-0.2, -0.15) is 0 Å². The molecule has 2 atom stereocenters. The van der Waals surface area contributed by atoms with E-state index in [0.29, 0.717) is 18.7 Å². The highest BCUT2D eigenvalue weighted by Crippen LogP contribution is 2.44. The first-order valence-corrected chi connectivity index (χ1v) is 11.1. The predicted molar refractivity (Wildman–Crippen MR) is 124 cm³/mol. The van der Waals surface area contributed by atoms with Crippen molar-refractivity contribution in [2.75, 3.05) is 18.5 Å². The van der Waals surface area contributed by atoms with Gasteiger partial charge in [-0.05, 0) is 46.7 Å². The number of anilines is 1. The van der Waals surface area contributed by atoms with Crippen LogP contribution in [0.3, 0.4) is 0 Å². The minimum atomic E-state index is -0.832. The van der Waals surface area contributed by atoms with Crippen molar-refractivity contribution >= 4 is 23.7 Å². The number of pyridine rings is 1. The topological polar surface area (TPSA) is 118 Å². The van der Waals surface area contributed by atoms with E-state index in [4.69, 9.17) is 9.84 Å². The van der Waals surface area contributed by atoms with Gasteiger partial charge < -0.3 is 15.2 Å². The third-order valence-corrected chi connectivity index (χ3v) is 6.35. The molecule has 5 rings (SSSR count). The molecule has 3 aromatic rings. The number of hydrogen-bond donors (Lipinski definition) is 3. The molecule has 8 heteroatoms. The molecule has 1 heterocycles. The summed E-state index contributed by atoms with van der Waals surface area (Å²) in [6, 6.07) is 19.3. The number of benzene rings is 2. The van der Waals surface area contributed by atoms with Crippen molar-refractivity contribution in [3.05, 3.63) is 83.7 Å². The summed E-state index contributed by atoms with van der Waals surface area (Å²) < 4.78 is 5.52. The smallest absolute Gasteiger partial charge is 0.411 e. The molecule has 2 aliphatic rings. The molecular weight excluding hydrogens is 434 g/mol. The van der Waals surface area contributed by atoms with E-state index in [0.717, 1.165) is 22.3 Å². The van der Waals surface area contributed by atoms with Crippen LogP contribution in [0.2, 0.25) is 0 Å². The third kappa shape index (κ3) is 4.34. The van der Waals surface area contributed by atoms with Crippen LogP contribution in [0.1, 0.15) is 34.0 Å². The molecule has 2 aliphatic carbocycles. The van der Waals surface area contributed by atoms with Crippen LogP contribution in [0.5, 0.6) is 0 Å². The SMILES string of the molecule is O=C(Nc1ccc(C(=O)NC[C@H]2C[C@H]2C(=O)O)nc1)OCC1c2ccccc2-c2ccccc21. The zero-order valence-electron chi connectivity index (χ0n) is 18.2. The maximum Gasteiger partial charge on any atom is 0.411 e. The molecule has 3 N–H and O–H groups in total. The number of aliphatic carboxylic acids is 1. The van der Waals surface area contributed by atoms with Crippen LogP contribution in [-0.2, 0) is 9.53 Å². The van der Waals surface area contributed by atoms with Gasteiger partial charge in [-0.3, -0.25) is 14.9 Å². The minimum absolute atomic E-state index is 0.0315. The van der Waals surface area contributed by atoms with E-state index >= 15 is 0 Å². The Morgan fingerprint density at radius 2 is 1.65 bits per heavy atom. The van der Waals surface area contributed by atoms with E-state index < -0.39 is 12.1 Å². The zero-order valence-corrected chi connectivity index (χ0v) is 18.2. The normalized spacial score (nSPS) is 17.9. The molecule has 0 aliphatic heterocycles. The first-order chi connectivity index (χ1) is 16.5. The van der Waals surface area contributed by atoms with Gasteiger partial charge in [0.1, 0.15) is 12.3 Å². The lowest BCUT2D eigenvalue weighted by molar-refractivity contribution is -0.138. The second-order valence-corrected chi connectivity index (χ2v) is 8.53. The Hall–Kier alpha value is -4.20. The average molecular weight is 457 g/mol. The van der Waals surface area contributed by atoms with Crippen LogP contribution < -0.4 is 10.6 Å². The van der Waals surface area contributed by atoms with E-state index in [-0.39, 0.29) is 36.0 Å². The highest BCUT2D eigenvalue weighted by molar-refractivity contribution is 5.93. The van der Waals surface area contributed by atoms with Crippen molar-refractivity contribution in [2.45, 2.75) is 12.3 Å². The summed E-state index contributed by atoms with van der Waals surface area (Å²) in [7, 11) is 0. The fraction of sp³-hybridized carbons (Fsp3) is 0.231. The number of hydrogen-bond acceptors (Lipinski definition) is 5. The molecule has 1 saturated carbocycles. The van der Waals surface area contributed by atoms with E-state index in [1.807, 2.05) is 24.3 Å². The lowest BCUT2D eigenvalue weighted by Gasteiger charge is -2.14. The Morgan fingerprint density at radius 3 is 2.24 bits per heavy atom. The lowest BCUT2D eigenvalue weighted by atomic mass is 9.98. The van der Waals surface area contributed by atoms with Crippen molar-refractivity contribution in [1.82, 2.24) is 10.3 Å². The summed E-state index contributed by atoms with van der Waals surface area (Å²) in [6.07, 6.45) is 1.36. The molecular formula is C26H23N3O5. The number of carbonyl (C=O) groups excluding carboxylic acids is 2. The third-order valence-electron chi connectivity index (χ3n) is 6.35. The van der Waals surface area contributed by atoms with E-state index in [1.165, 1.54) is 12.3 Å². The second-order valence-electron chi connectivity index (χ2n) is 8.53. The van der Waals surface area contributed by atoms with Gasteiger partial charge in [0.15, 0.2) is 0 Å². The maximum absolute atomic E-state index is 12.4. The van der Waals surface area contributed by atoms with Crippen LogP contribution in [0, 0.1) is 11.8 Å². The van der Waals surface area contributed by atoms with Gasteiger partial charge in [-0.1, -0.05) is 48.5 Å². The Morgan fingerprint density at radius 1 is 0.971 bits per heavy atom. The Kier molecular flexibility index (Phi) is 5.71. The van der Waals surface area contributed by atoms with E-state index in [1.54, 1.807) is 6.07 Å². The number of carboxylic acids is 1. The molecule has 2 amide bonds. The summed E-state index contributed by atoms with van der Waals surface area (Å²) in [6.45, 7) is 0.503. The summed E-state index contributed by atoms with van der Waals surface area (Å²) in [5.74, 6) is -1.66. The number of fused-ring (bicyclic) bond motifs is 3. The van der Waals surface area contributed by atoms with Crippen molar-refractivity contribution in [2.24, 2.45) is 11.8 Å². The van der Waals surface area contributed by atoms with Gasteiger partial charge in [-0.15, -0.1) is 0 Å². The first kappa shape index (κ1) is 21.6. The molecule has 1 aromatic heterocycles. The molecule has 34 heavy (non-hydrogen) atoms. The van der Waals surface area contributed by atoms with Crippen molar-refractivity contribution < 1.29 is 24.2 Å². The van der Waals surface area contributed by atoms with Crippen LogP contribution in [-0.4, -0.2) is 41.2 Å². The number of nitrogens with one attached hydrogen (secondary N) is 2. The van der Waals surface area contributed by atoms with Crippen LogP contribution in [0.15, 0.2) is 66.9 Å². The van der Waals surface area contributed by atoms with Crippen LogP contribution in [0.25, 0.3) is 11.1 Å². The highest BCUT2D eigenvalue weighted by atomic mass is 16.5. The standard InChI is InChI=1S/C26H23N3O5/c30-24(28-12-15-11-21(15)25(31)32)23-10-9-16(13-27-23)29-26(33)34-14-22-19-7-3-1-5-17(19)18-6-2-4-8-20(18)22/h1-10,13,15,21-22H,11-12,14H2,(H,28,30)(H,29,33)(H,31,32)/t15-,21-/m1/s1. The van der Waals surface area contributed by atoms with Crippen molar-refractivity contribution in [1.29, 1.82) is 0 Å². The van der Waals surface area contributed by atoms with Gasteiger partial charge >= 0.3 is 12.1 Å². The molecule has 0 spiro atoms. The van der Waals surface area contributed by atoms with Gasteiger partial charge in [-0.25, -0.2) is 9.78 Å². The summed E-state index contributed by atoms with van der Waals surface area (Å²) in [4.78, 5) is 39.6. The number of carboxylic acid groups (broad SMARTS) is 1. The van der Waals surface area contributed by atoms with Crippen molar-refractivity contribution in [3.63, 3.8) is 0 Å². The fourth-order valence-electron chi connectivity index (χ4n) is 4.44. The molecule has 0 saturated heterocycles. The van der Waals surface area contributed by atoms with E-state index in [9.17, 15) is 14.4 Å². The molecule has 0 unspecified atom stereocenters. The Balaban J connectivity index is 1.14. The van der Waals surface area contributed by atoms with Gasteiger partial charge in [0.25, 0.3) is 5.91 Å².